The van der Waals surface area contributed by atoms with E-state index in [-0.39, 0.29) is 54.0 Å². The van der Waals surface area contributed by atoms with Gasteiger partial charge >= 0.3 is 5.97 Å². The van der Waals surface area contributed by atoms with Gasteiger partial charge in [0.2, 0.25) is 0 Å². The van der Waals surface area contributed by atoms with Gasteiger partial charge in [0.25, 0.3) is 0 Å². The maximum atomic E-state index is 12.6. The molecule has 13 heteroatoms. The van der Waals surface area contributed by atoms with E-state index in [2.05, 4.69) is 13.8 Å². The summed E-state index contributed by atoms with van der Waals surface area (Å²) in [4.78, 5) is 11.9. The predicted molar refractivity (Wildman–Crippen MR) is 191 cm³/mol. The van der Waals surface area contributed by atoms with E-state index in [0.717, 1.165) is 63.4 Å². The first-order valence-electron chi connectivity index (χ1n) is 20.8. The number of rotatable bonds is 7. The van der Waals surface area contributed by atoms with E-state index in [1.165, 1.54) is 0 Å². The summed E-state index contributed by atoms with van der Waals surface area (Å²) in [6.07, 6.45) is 1.90. The van der Waals surface area contributed by atoms with Crippen molar-refractivity contribution < 1.29 is 63.5 Å². The number of ether oxygens (including phenoxy) is 7. The van der Waals surface area contributed by atoms with Crippen molar-refractivity contribution >= 4 is 5.97 Å². The first-order valence-corrected chi connectivity index (χ1v) is 20.8. The summed E-state index contributed by atoms with van der Waals surface area (Å²) in [5, 5.41) is 55.0. The first-order chi connectivity index (χ1) is 25.6. The van der Waals surface area contributed by atoms with Gasteiger partial charge in [-0.1, -0.05) is 13.8 Å². The topological polar surface area (TPSA) is 183 Å². The summed E-state index contributed by atoms with van der Waals surface area (Å²) in [7, 11) is 0. The van der Waals surface area contributed by atoms with E-state index in [1.54, 1.807) is 19.9 Å². The molecule has 0 unspecified atom stereocenters. The Morgan fingerprint density at radius 3 is 1.89 bits per heavy atom. The fourth-order valence-corrected chi connectivity index (χ4v) is 12.8. The third-order valence-electron chi connectivity index (χ3n) is 15.9. The van der Waals surface area contributed by atoms with Gasteiger partial charge in [-0.15, -0.1) is 0 Å². The minimum absolute atomic E-state index is 0.0243. The fourth-order valence-electron chi connectivity index (χ4n) is 12.8. The van der Waals surface area contributed by atoms with Gasteiger partial charge in [-0.3, -0.25) is 0 Å². The summed E-state index contributed by atoms with van der Waals surface area (Å²) in [5.74, 6) is 1.13. The first kappa shape index (κ1) is 39.6. The number of aliphatic hydroxyl groups excluding tert-OH is 4. The minimum Gasteiger partial charge on any atom is -0.458 e. The van der Waals surface area contributed by atoms with Crippen molar-refractivity contribution in [1.82, 2.24) is 0 Å². The smallest absolute Gasteiger partial charge is 0.331 e. The maximum Gasteiger partial charge on any atom is 0.331 e. The van der Waals surface area contributed by atoms with Crippen molar-refractivity contribution in [2.24, 2.45) is 34.5 Å². The van der Waals surface area contributed by atoms with E-state index in [4.69, 9.17) is 33.2 Å². The second kappa shape index (κ2) is 14.9. The van der Waals surface area contributed by atoms with Gasteiger partial charge in [0, 0.05) is 30.8 Å². The molecule has 306 valence electrons. The molecule has 0 amide bonds. The van der Waals surface area contributed by atoms with Crippen LogP contribution in [0, 0.1) is 34.5 Å². The van der Waals surface area contributed by atoms with E-state index in [0.29, 0.717) is 18.4 Å². The molecule has 0 aromatic rings. The van der Waals surface area contributed by atoms with Gasteiger partial charge < -0.3 is 58.7 Å². The van der Waals surface area contributed by atoms with Gasteiger partial charge in [0.15, 0.2) is 18.9 Å². The molecule has 13 nitrogen and oxygen atoms in total. The van der Waals surface area contributed by atoms with Crippen LogP contribution in [0.2, 0.25) is 0 Å². The lowest BCUT2D eigenvalue weighted by molar-refractivity contribution is -0.336. The lowest BCUT2D eigenvalue weighted by atomic mass is 9.43. The monoisotopic (exact) mass is 764 g/mol. The lowest BCUT2D eigenvalue weighted by Crippen LogP contribution is -2.62. The quantitative estimate of drug-likeness (QED) is 0.188. The lowest BCUT2D eigenvalue weighted by Gasteiger charge is -2.64. The largest absolute Gasteiger partial charge is 0.458 e. The Morgan fingerprint density at radius 1 is 0.685 bits per heavy atom. The highest BCUT2D eigenvalue weighted by Gasteiger charge is 2.68. The van der Waals surface area contributed by atoms with E-state index >= 15 is 0 Å². The molecule has 3 saturated heterocycles. The summed E-state index contributed by atoms with van der Waals surface area (Å²) in [5.41, 5.74) is 0.215. The highest BCUT2D eigenvalue weighted by Crippen LogP contribution is 2.70. The number of hydrogen-bond donors (Lipinski definition) is 5. The highest BCUT2D eigenvalue weighted by atomic mass is 16.7. The Kier molecular flexibility index (Phi) is 10.9. The Balaban J connectivity index is 0.826. The average molecular weight is 765 g/mol. The number of esters is 1. The van der Waals surface area contributed by atoms with E-state index in [1.807, 2.05) is 6.92 Å². The van der Waals surface area contributed by atoms with E-state index in [9.17, 15) is 30.3 Å². The number of cyclic esters (lactones) is 1. The minimum atomic E-state index is -0.996. The maximum absolute atomic E-state index is 12.6. The Morgan fingerprint density at radius 2 is 1.30 bits per heavy atom. The van der Waals surface area contributed by atoms with Crippen LogP contribution >= 0.6 is 0 Å². The number of carbonyl (C=O) groups excluding carboxylic acids is 1. The van der Waals surface area contributed by atoms with Crippen LogP contribution in [-0.4, -0.2) is 124 Å². The van der Waals surface area contributed by atoms with Gasteiger partial charge in [-0.05, 0) is 113 Å². The molecule has 0 aromatic heterocycles. The van der Waals surface area contributed by atoms with Crippen LogP contribution in [0.4, 0.5) is 0 Å². The molecule has 0 aromatic carbocycles. The van der Waals surface area contributed by atoms with Crippen LogP contribution in [0.1, 0.15) is 112 Å². The Bertz CT molecular complexity index is 1370. The zero-order valence-corrected chi connectivity index (χ0v) is 32.6. The molecule has 4 heterocycles. The van der Waals surface area contributed by atoms with Gasteiger partial charge in [0.05, 0.1) is 48.3 Å². The molecule has 20 atom stereocenters. The molecule has 0 radical (unpaired) electrons. The number of hydrogen-bond acceptors (Lipinski definition) is 13. The van der Waals surface area contributed by atoms with Crippen LogP contribution in [0.5, 0.6) is 0 Å². The number of carbonyl (C=O) groups is 1. The van der Waals surface area contributed by atoms with Crippen LogP contribution in [-0.2, 0) is 38.0 Å². The van der Waals surface area contributed by atoms with Crippen molar-refractivity contribution in [2.75, 3.05) is 6.61 Å². The Labute approximate surface area is 319 Å². The summed E-state index contributed by atoms with van der Waals surface area (Å²) in [6.45, 7) is 10.4. The summed E-state index contributed by atoms with van der Waals surface area (Å²) in [6, 6.07) is 0. The Hall–Kier alpha value is -1.23. The normalized spacial score (nSPS) is 55.0. The molecule has 0 bridgehead atoms. The second-order valence-electron chi connectivity index (χ2n) is 18.7. The molecule has 4 aliphatic carbocycles. The van der Waals surface area contributed by atoms with Crippen LogP contribution < -0.4 is 0 Å². The summed E-state index contributed by atoms with van der Waals surface area (Å²) >= 11 is 0. The molecular weight excluding hydrogens is 700 g/mol. The fraction of sp³-hybridized carbons (Fsp3) is 0.927. The van der Waals surface area contributed by atoms with Gasteiger partial charge in [-0.25, -0.2) is 4.79 Å². The van der Waals surface area contributed by atoms with Crippen molar-refractivity contribution in [3.63, 3.8) is 0 Å². The summed E-state index contributed by atoms with van der Waals surface area (Å²) < 4.78 is 42.2. The number of aliphatic hydroxyl groups is 5. The molecule has 8 rings (SSSR count). The van der Waals surface area contributed by atoms with Crippen molar-refractivity contribution in [2.45, 2.75) is 197 Å². The molecule has 0 spiro atoms. The van der Waals surface area contributed by atoms with Crippen molar-refractivity contribution in [3.05, 3.63) is 11.6 Å². The van der Waals surface area contributed by atoms with Crippen LogP contribution in [0.25, 0.3) is 0 Å². The van der Waals surface area contributed by atoms with Gasteiger partial charge in [0.1, 0.15) is 24.9 Å². The van der Waals surface area contributed by atoms with Crippen molar-refractivity contribution in [1.29, 1.82) is 0 Å². The average Bonchev–Trinajstić information content (AvgIpc) is 3.66. The van der Waals surface area contributed by atoms with E-state index < -0.39 is 79.4 Å². The zero-order valence-electron chi connectivity index (χ0n) is 32.6. The van der Waals surface area contributed by atoms with Gasteiger partial charge in [-0.2, -0.15) is 0 Å². The molecule has 7 fully saturated rings. The molecule has 4 saturated carbocycles. The molecular formula is C41H64O13. The molecule has 54 heavy (non-hydrogen) atoms. The SMILES string of the molecule is C[C@H]1O[C@@H](O[C@@H]2[C@H](O)C[C@@H](O[C@@H]3[C@H](O)C[C@@H](O[C@H]4CC[C@@]5(C)[C@@H](CC[C@H]6[C@H]5CC[C@]5(C)[C@H](C7=CC(=O)OC7)CC[C@]65O)C4)O[C@@H]3C)O[C@@H]2C)C[C@@H](O)[C@@H]1O. The second-order valence-corrected chi connectivity index (χ2v) is 18.7. The highest BCUT2D eigenvalue weighted by molar-refractivity contribution is 5.85. The standard InChI is InChI=1S/C41H64O13/c1-20-36(46)29(42)16-34(49-20)53-38-22(3)51-35(18-31(38)44)54-37-21(2)50-33(17-30(37)43)52-25-8-11-39(4)24(15-25)6-7-28-27(39)9-12-40(5)26(10-13-41(28,40)47)23-14-32(45)48-19-23/h14,20-22,24-31,33-38,42-44,46-47H,6-13,15-19H2,1-5H3/t20-,21-,22-,24+,25+,26+,27-,28+,29-,30-,31-,33-,34+,35-,36-,37+,38+,39+,40-,41+/m1/s1. The van der Waals surface area contributed by atoms with Crippen molar-refractivity contribution in [3.8, 4) is 0 Å². The molecule has 5 N–H and O–H groups in total. The third kappa shape index (κ3) is 6.82. The van der Waals surface area contributed by atoms with Crippen LogP contribution in [0.15, 0.2) is 11.6 Å². The predicted octanol–water partition coefficient (Wildman–Crippen LogP) is 3.25. The third-order valence-corrected chi connectivity index (χ3v) is 15.9. The number of fused-ring (bicyclic) bond motifs is 5. The molecule has 8 aliphatic rings. The zero-order chi connectivity index (χ0) is 38.3. The molecule has 4 aliphatic heterocycles. The van der Waals surface area contributed by atoms with Crippen LogP contribution in [0.3, 0.4) is 0 Å².